The maximum absolute atomic E-state index is 13.8. The number of amides is 1. The third kappa shape index (κ3) is 24.7. The first kappa shape index (κ1) is 49.7. The molecule has 0 aromatic rings. The van der Waals surface area contributed by atoms with Crippen LogP contribution in [0.4, 0.5) is 0 Å². The number of nitrogens with one attached hydrogen (secondary N) is 1. The molecule has 0 bridgehead atoms. The maximum Gasteiger partial charge on any atom is 0.475 e. The first-order valence-electron chi connectivity index (χ1n) is 20.9. The lowest BCUT2D eigenvalue weighted by atomic mass is 9.97. The van der Waals surface area contributed by atoms with E-state index in [1.807, 2.05) is 0 Å². The smallest absolute Gasteiger partial charge is 0.382 e. The molecule has 0 aromatic carbocycles. The topological polar surface area (TPSA) is 111 Å². The third-order valence-corrected chi connectivity index (χ3v) is 11.0. The van der Waals surface area contributed by atoms with Crippen molar-refractivity contribution in [2.24, 2.45) is 0 Å². The van der Waals surface area contributed by atoms with Crippen LogP contribution in [-0.4, -0.2) is 83.6 Å². The van der Waals surface area contributed by atoms with Gasteiger partial charge in [0.05, 0.1) is 38.6 Å². The number of rotatable bonds is 37. The zero-order valence-corrected chi connectivity index (χ0v) is 35.0. The van der Waals surface area contributed by atoms with Gasteiger partial charge >= 0.3 is 7.82 Å². The predicted octanol–water partition coefficient (Wildman–Crippen LogP) is 10.6. The minimum absolute atomic E-state index is 0.0403. The Morgan fingerprint density at radius 1 is 0.792 bits per heavy atom. The van der Waals surface area contributed by atoms with E-state index in [0.29, 0.717) is 19.4 Å². The van der Waals surface area contributed by atoms with E-state index in [4.69, 9.17) is 32.5 Å². The zero-order valence-electron chi connectivity index (χ0n) is 34.1. The molecule has 1 amide bonds. The molecular weight excluding hydrogens is 693 g/mol. The van der Waals surface area contributed by atoms with Gasteiger partial charge in [0.15, 0.2) is 0 Å². The van der Waals surface area contributed by atoms with Gasteiger partial charge in [0, 0.05) is 27.2 Å². The van der Waals surface area contributed by atoms with Crippen molar-refractivity contribution in [3.8, 4) is 0 Å². The first-order valence-corrected chi connectivity index (χ1v) is 22.3. The summed E-state index contributed by atoms with van der Waals surface area (Å²) in [6, 6.07) is -0.548. The predicted molar refractivity (Wildman–Crippen MR) is 216 cm³/mol. The molecular formula is C42H78NO9P. The second-order valence-corrected chi connectivity index (χ2v) is 15.8. The van der Waals surface area contributed by atoms with Crippen molar-refractivity contribution in [3.05, 3.63) is 37.5 Å². The van der Waals surface area contributed by atoms with Crippen molar-refractivity contribution in [2.75, 3.05) is 47.3 Å². The van der Waals surface area contributed by atoms with Crippen LogP contribution in [0, 0.1) is 0 Å². The summed E-state index contributed by atoms with van der Waals surface area (Å²) in [6.45, 7) is 12.4. The van der Waals surface area contributed by atoms with Gasteiger partial charge < -0.3 is 24.3 Å². The summed E-state index contributed by atoms with van der Waals surface area (Å²) in [7, 11) is -0.816. The van der Waals surface area contributed by atoms with E-state index in [0.717, 1.165) is 32.1 Å². The maximum atomic E-state index is 13.8. The van der Waals surface area contributed by atoms with Gasteiger partial charge in [-0.3, -0.25) is 18.4 Å². The standard InChI is InChI=1S/C42H78NO9P/c1-7-11-13-15-16-17-18-19-20-21-22-23-24-26-28-30-40(44)43-38-35-49-39(36-46-5)42(52-53(45,50-32-9-3)51-33-10-4)41(38)48-34-31-37(47-6)29-27-25-14-12-8-2/h9-10,17-18,37-39,41-42H,3-4,7-8,11-16,19-36H2,1-2,5-6H3,(H,43,44)/b18-17-/t37?,38?,39?,41?,42-/m1/s1. The van der Waals surface area contributed by atoms with Gasteiger partial charge in [-0.1, -0.05) is 122 Å². The number of unbranched alkanes of at least 4 members (excludes halogenated alkanes) is 15. The molecule has 5 atom stereocenters. The minimum atomic E-state index is -4.11. The molecule has 1 rings (SSSR count). The Bertz CT molecular complexity index is 964. The summed E-state index contributed by atoms with van der Waals surface area (Å²) in [6.07, 6.45) is 28.9. The Kier molecular flexibility index (Phi) is 31.8. The molecule has 1 aliphatic heterocycles. The van der Waals surface area contributed by atoms with E-state index in [1.54, 1.807) is 14.2 Å². The molecule has 11 heteroatoms. The van der Waals surface area contributed by atoms with Gasteiger partial charge in [-0.25, -0.2) is 4.57 Å². The second kappa shape index (κ2) is 33.9. The fraction of sp³-hybridized carbons (Fsp3) is 0.833. The number of hydrogen-bond acceptors (Lipinski definition) is 9. The number of methoxy groups -OCH3 is 2. The van der Waals surface area contributed by atoms with Crippen LogP contribution < -0.4 is 5.32 Å². The number of phosphoric ester groups is 1. The van der Waals surface area contributed by atoms with E-state index in [9.17, 15) is 9.36 Å². The lowest BCUT2D eigenvalue weighted by Gasteiger charge is -2.43. The van der Waals surface area contributed by atoms with Crippen molar-refractivity contribution in [1.82, 2.24) is 5.32 Å². The fourth-order valence-electron chi connectivity index (χ4n) is 6.49. The number of allylic oxidation sites excluding steroid dienone is 2. The van der Waals surface area contributed by atoms with Gasteiger partial charge in [-0.05, 0) is 44.9 Å². The fourth-order valence-corrected chi connectivity index (χ4v) is 7.82. The quantitative estimate of drug-likeness (QED) is 0.0375. The van der Waals surface area contributed by atoms with Crippen LogP contribution in [-0.2, 0) is 41.9 Å². The molecule has 1 aliphatic rings. The van der Waals surface area contributed by atoms with Gasteiger partial charge in [-0.2, -0.15) is 0 Å². The Hall–Kier alpha value is -1.36. The first-order chi connectivity index (χ1) is 25.9. The molecule has 1 saturated heterocycles. The molecule has 0 spiro atoms. The summed E-state index contributed by atoms with van der Waals surface area (Å²) in [5.41, 5.74) is 0. The monoisotopic (exact) mass is 772 g/mol. The highest BCUT2D eigenvalue weighted by atomic mass is 31.2. The van der Waals surface area contributed by atoms with Crippen molar-refractivity contribution >= 4 is 13.7 Å². The third-order valence-electron chi connectivity index (χ3n) is 9.58. The molecule has 310 valence electrons. The Morgan fingerprint density at radius 2 is 1.36 bits per heavy atom. The molecule has 0 saturated carbocycles. The number of carbonyl (C=O) groups is 1. The summed E-state index contributed by atoms with van der Waals surface area (Å²) in [4.78, 5) is 13.3. The Morgan fingerprint density at radius 3 is 1.94 bits per heavy atom. The second-order valence-electron chi connectivity index (χ2n) is 14.2. The highest BCUT2D eigenvalue weighted by molar-refractivity contribution is 7.48. The lowest BCUT2D eigenvalue weighted by molar-refractivity contribution is -0.181. The number of hydrogen-bond donors (Lipinski definition) is 1. The number of carbonyl (C=O) groups excluding carboxylic acids is 1. The molecule has 1 N–H and O–H groups in total. The van der Waals surface area contributed by atoms with Crippen LogP contribution in [0.15, 0.2) is 37.5 Å². The molecule has 4 unspecified atom stereocenters. The average Bonchev–Trinajstić information content (AvgIpc) is 3.15. The molecule has 0 radical (unpaired) electrons. The molecule has 1 fully saturated rings. The van der Waals surface area contributed by atoms with Crippen molar-refractivity contribution < 1.29 is 41.9 Å². The van der Waals surface area contributed by atoms with Crippen LogP contribution >= 0.6 is 7.82 Å². The van der Waals surface area contributed by atoms with Crippen molar-refractivity contribution in [1.29, 1.82) is 0 Å². The summed E-state index contributed by atoms with van der Waals surface area (Å²) in [5, 5.41) is 3.14. The van der Waals surface area contributed by atoms with E-state index in [2.05, 4.69) is 44.5 Å². The van der Waals surface area contributed by atoms with Crippen LogP contribution in [0.25, 0.3) is 0 Å². The van der Waals surface area contributed by atoms with Gasteiger partial charge in [0.1, 0.15) is 18.3 Å². The van der Waals surface area contributed by atoms with E-state index >= 15 is 0 Å². The van der Waals surface area contributed by atoms with Gasteiger partial charge in [0.25, 0.3) is 0 Å². The van der Waals surface area contributed by atoms with E-state index in [-0.39, 0.29) is 38.4 Å². The highest BCUT2D eigenvalue weighted by Gasteiger charge is 2.47. The van der Waals surface area contributed by atoms with E-state index < -0.39 is 32.2 Å². The summed E-state index contributed by atoms with van der Waals surface area (Å²) >= 11 is 0. The summed E-state index contributed by atoms with van der Waals surface area (Å²) < 4.78 is 54.9. The lowest BCUT2D eigenvalue weighted by Crippen LogP contribution is -2.61. The SMILES string of the molecule is C=CCOP(=O)(OCC=C)O[C@@H]1C(COC)OCC(NC(=O)CCCCCCCCC/C=C\CCCCCC)C1OCCC(CCCCCCC)OC. The molecule has 10 nitrogen and oxygen atoms in total. The summed E-state index contributed by atoms with van der Waals surface area (Å²) in [5.74, 6) is -0.0755. The molecule has 53 heavy (non-hydrogen) atoms. The van der Waals surface area contributed by atoms with Crippen LogP contribution in [0.5, 0.6) is 0 Å². The molecule has 1 heterocycles. The van der Waals surface area contributed by atoms with Crippen LogP contribution in [0.3, 0.4) is 0 Å². The van der Waals surface area contributed by atoms with Crippen molar-refractivity contribution in [3.63, 3.8) is 0 Å². The Labute approximate surface area is 324 Å². The van der Waals surface area contributed by atoms with Crippen LogP contribution in [0.1, 0.15) is 149 Å². The number of phosphoric acid groups is 1. The van der Waals surface area contributed by atoms with Gasteiger partial charge in [0.2, 0.25) is 5.91 Å². The van der Waals surface area contributed by atoms with E-state index in [1.165, 1.54) is 102 Å². The number of ether oxygens (including phenoxy) is 4. The highest BCUT2D eigenvalue weighted by Crippen LogP contribution is 2.52. The van der Waals surface area contributed by atoms with Gasteiger partial charge in [-0.15, -0.1) is 13.2 Å². The average molecular weight is 772 g/mol. The molecule has 0 aliphatic carbocycles. The Balaban J connectivity index is 2.78. The molecule has 0 aromatic heterocycles. The minimum Gasteiger partial charge on any atom is -0.382 e. The largest absolute Gasteiger partial charge is 0.475 e. The zero-order chi connectivity index (χ0) is 38.8. The van der Waals surface area contributed by atoms with Crippen LogP contribution in [0.2, 0.25) is 0 Å². The van der Waals surface area contributed by atoms with Crippen molar-refractivity contribution in [2.45, 2.75) is 179 Å². The normalized spacial score (nSPS) is 19.8.